The lowest BCUT2D eigenvalue weighted by Gasteiger charge is -2.33. The first-order chi connectivity index (χ1) is 8.74. The van der Waals surface area contributed by atoms with Crippen LogP contribution in [0.1, 0.15) is 33.6 Å². The summed E-state index contributed by atoms with van der Waals surface area (Å²) in [6.07, 6.45) is 1.90. The van der Waals surface area contributed by atoms with Gasteiger partial charge in [0.15, 0.2) is 0 Å². The quantitative estimate of drug-likeness (QED) is 0.756. The van der Waals surface area contributed by atoms with Gasteiger partial charge in [-0.2, -0.15) is 0 Å². The Bertz CT molecular complexity index is 263. The summed E-state index contributed by atoms with van der Waals surface area (Å²) in [4.78, 5) is 4.68. The maximum Gasteiger partial charge on any atom is 0.0682 e. The topological polar surface area (TPSA) is 38.7 Å². The fourth-order valence-electron chi connectivity index (χ4n) is 3.15. The number of rotatable bonds is 6. The lowest BCUT2D eigenvalue weighted by Crippen LogP contribution is -2.43. The van der Waals surface area contributed by atoms with Crippen molar-refractivity contribution >= 4 is 0 Å². The number of likely N-dealkylation sites (N-methyl/N-ethyl adjacent to an activating group) is 1. The maximum atomic E-state index is 9.89. The molecule has 1 fully saturated rings. The van der Waals surface area contributed by atoms with Gasteiger partial charge in [0.05, 0.1) is 6.10 Å². The zero-order chi connectivity index (χ0) is 14.6. The predicted octanol–water partition coefficient (Wildman–Crippen LogP) is 1.01. The third kappa shape index (κ3) is 5.38. The molecule has 1 heterocycles. The van der Waals surface area contributed by atoms with E-state index in [1.165, 1.54) is 0 Å². The largest absolute Gasteiger partial charge is 0.392 e. The summed E-state index contributed by atoms with van der Waals surface area (Å²) in [6.45, 7) is 9.78. The van der Waals surface area contributed by atoms with Crippen LogP contribution in [0.3, 0.4) is 0 Å². The first kappa shape index (κ1) is 16.9. The molecular formula is C15H33N3O. The average Bonchev–Trinajstić information content (AvgIpc) is 2.56. The predicted molar refractivity (Wildman–Crippen MR) is 81.5 cm³/mol. The van der Waals surface area contributed by atoms with Crippen molar-refractivity contribution in [3.8, 4) is 0 Å². The van der Waals surface area contributed by atoms with Crippen LogP contribution in [0.25, 0.3) is 0 Å². The van der Waals surface area contributed by atoms with Gasteiger partial charge in [-0.1, -0.05) is 20.8 Å². The van der Waals surface area contributed by atoms with Gasteiger partial charge < -0.3 is 15.3 Å². The van der Waals surface area contributed by atoms with Crippen molar-refractivity contribution in [2.45, 2.75) is 51.8 Å². The fraction of sp³-hybridized carbons (Fsp3) is 1.00. The van der Waals surface area contributed by atoms with Crippen molar-refractivity contribution in [2.75, 3.05) is 40.8 Å². The minimum Gasteiger partial charge on any atom is -0.392 e. The van der Waals surface area contributed by atoms with Crippen molar-refractivity contribution in [3.63, 3.8) is 0 Å². The van der Waals surface area contributed by atoms with Gasteiger partial charge >= 0.3 is 0 Å². The van der Waals surface area contributed by atoms with Crippen LogP contribution in [-0.4, -0.2) is 73.9 Å². The number of aliphatic hydroxyl groups excluding tert-OH is 1. The molecule has 0 aromatic carbocycles. The molecule has 2 N–H and O–H groups in total. The van der Waals surface area contributed by atoms with Crippen LogP contribution < -0.4 is 5.32 Å². The molecule has 1 saturated heterocycles. The lowest BCUT2D eigenvalue weighted by atomic mass is 9.85. The Morgan fingerprint density at radius 2 is 2.00 bits per heavy atom. The smallest absolute Gasteiger partial charge is 0.0682 e. The molecule has 0 amide bonds. The standard InChI is InChI=1S/C15H33N3O/c1-15(2,3)14(16-4)7-8-18-11-13(19)9-12(18)10-17(5)6/h12-14,16,19H,7-11H2,1-6H3. The molecule has 0 saturated carbocycles. The normalized spacial score (nSPS) is 27.2. The molecule has 0 spiro atoms. The Hall–Kier alpha value is -0.160. The van der Waals surface area contributed by atoms with E-state index in [4.69, 9.17) is 0 Å². The monoisotopic (exact) mass is 271 g/mol. The molecule has 0 aromatic heterocycles. The van der Waals surface area contributed by atoms with Gasteiger partial charge in [-0.3, -0.25) is 4.90 Å². The second-order valence-corrected chi connectivity index (χ2v) is 7.30. The Balaban J connectivity index is 2.50. The highest BCUT2D eigenvalue weighted by molar-refractivity contribution is 4.88. The highest BCUT2D eigenvalue weighted by Gasteiger charge is 2.32. The highest BCUT2D eigenvalue weighted by Crippen LogP contribution is 2.24. The summed E-state index contributed by atoms with van der Waals surface area (Å²) in [5.41, 5.74) is 0.282. The van der Waals surface area contributed by atoms with Gasteiger partial charge in [0, 0.05) is 31.7 Å². The molecule has 0 bridgehead atoms. The number of nitrogens with zero attached hydrogens (tertiary/aromatic N) is 2. The molecule has 1 rings (SSSR count). The molecule has 3 unspecified atom stereocenters. The molecule has 0 aromatic rings. The Morgan fingerprint density at radius 3 is 2.47 bits per heavy atom. The molecular weight excluding hydrogens is 238 g/mol. The average molecular weight is 271 g/mol. The third-order valence-corrected chi connectivity index (χ3v) is 4.18. The second kappa shape index (κ2) is 7.02. The maximum absolute atomic E-state index is 9.89. The SMILES string of the molecule is CNC(CCN1CC(O)CC1CN(C)C)C(C)(C)C. The van der Waals surface area contributed by atoms with E-state index >= 15 is 0 Å². The summed E-state index contributed by atoms with van der Waals surface area (Å²) < 4.78 is 0. The molecule has 1 aliphatic rings. The van der Waals surface area contributed by atoms with Gasteiger partial charge in [-0.25, -0.2) is 0 Å². The van der Waals surface area contributed by atoms with E-state index in [9.17, 15) is 5.11 Å². The minimum atomic E-state index is -0.146. The lowest BCUT2D eigenvalue weighted by molar-refractivity contribution is 0.159. The van der Waals surface area contributed by atoms with Crippen LogP contribution >= 0.6 is 0 Å². The van der Waals surface area contributed by atoms with Crippen molar-refractivity contribution in [2.24, 2.45) is 5.41 Å². The fourth-order valence-corrected chi connectivity index (χ4v) is 3.15. The first-order valence-electron chi connectivity index (χ1n) is 7.48. The zero-order valence-electron chi connectivity index (χ0n) is 13.6. The first-order valence-corrected chi connectivity index (χ1v) is 7.48. The van der Waals surface area contributed by atoms with Gasteiger partial charge in [0.1, 0.15) is 0 Å². The van der Waals surface area contributed by atoms with Crippen molar-refractivity contribution < 1.29 is 5.11 Å². The highest BCUT2D eigenvalue weighted by atomic mass is 16.3. The van der Waals surface area contributed by atoms with Crippen molar-refractivity contribution in [1.29, 1.82) is 0 Å². The van der Waals surface area contributed by atoms with E-state index in [-0.39, 0.29) is 11.5 Å². The third-order valence-electron chi connectivity index (χ3n) is 4.18. The molecule has 114 valence electrons. The van der Waals surface area contributed by atoms with Crippen LogP contribution in [-0.2, 0) is 0 Å². The molecule has 0 aliphatic carbocycles. The van der Waals surface area contributed by atoms with E-state index in [0.29, 0.717) is 12.1 Å². The summed E-state index contributed by atoms with van der Waals surface area (Å²) >= 11 is 0. The van der Waals surface area contributed by atoms with Gasteiger partial charge in [0.2, 0.25) is 0 Å². The molecule has 3 atom stereocenters. The number of hydrogen-bond acceptors (Lipinski definition) is 4. The second-order valence-electron chi connectivity index (χ2n) is 7.30. The minimum absolute atomic E-state index is 0.146. The molecule has 4 heteroatoms. The van der Waals surface area contributed by atoms with E-state index in [1.807, 2.05) is 7.05 Å². The van der Waals surface area contributed by atoms with Crippen LogP contribution in [0.5, 0.6) is 0 Å². The van der Waals surface area contributed by atoms with Gasteiger partial charge in [0.25, 0.3) is 0 Å². The van der Waals surface area contributed by atoms with Gasteiger partial charge in [-0.05, 0) is 39.4 Å². The Labute approximate surface area is 119 Å². The van der Waals surface area contributed by atoms with Gasteiger partial charge in [-0.15, -0.1) is 0 Å². The molecule has 0 radical (unpaired) electrons. The molecule has 19 heavy (non-hydrogen) atoms. The van der Waals surface area contributed by atoms with E-state index in [1.54, 1.807) is 0 Å². The van der Waals surface area contributed by atoms with Crippen molar-refractivity contribution in [1.82, 2.24) is 15.1 Å². The summed E-state index contributed by atoms with van der Waals surface area (Å²) in [5, 5.41) is 13.3. The Morgan fingerprint density at radius 1 is 1.37 bits per heavy atom. The molecule has 1 aliphatic heterocycles. The zero-order valence-corrected chi connectivity index (χ0v) is 13.6. The molecule has 4 nitrogen and oxygen atoms in total. The summed E-state index contributed by atoms with van der Waals surface area (Å²) in [6, 6.07) is 1.02. The summed E-state index contributed by atoms with van der Waals surface area (Å²) in [7, 11) is 6.26. The number of hydrogen-bond donors (Lipinski definition) is 2. The van der Waals surface area contributed by atoms with E-state index in [0.717, 1.165) is 32.5 Å². The van der Waals surface area contributed by atoms with Crippen LogP contribution in [0.4, 0.5) is 0 Å². The number of likely N-dealkylation sites (tertiary alicyclic amines) is 1. The van der Waals surface area contributed by atoms with E-state index in [2.05, 4.69) is 50.0 Å². The summed E-state index contributed by atoms with van der Waals surface area (Å²) in [5.74, 6) is 0. The van der Waals surface area contributed by atoms with Crippen molar-refractivity contribution in [3.05, 3.63) is 0 Å². The van der Waals surface area contributed by atoms with Crippen LogP contribution in [0.2, 0.25) is 0 Å². The van der Waals surface area contributed by atoms with Crippen LogP contribution in [0.15, 0.2) is 0 Å². The number of aliphatic hydroxyl groups is 1. The van der Waals surface area contributed by atoms with Crippen LogP contribution in [0, 0.1) is 5.41 Å². The number of nitrogens with one attached hydrogen (secondary N) is 1. The number of β-amino-alcohol motifs (C(OH)–C–C–N with tert-alkyl or cyclic N) is 1. The Kier molecular flexibility index (Phi) is 6.24. The van der Waals surface area contributed by atoms with E-state index < -0.39 is 0 Å².